The molecule has 0 saturated carbocycles. The van der Waals surface area contributed by atoms with Crippen LogP contribution >= 0.6 is 0 Å². The summed E-state index contributed by atoms with van der Waals surface area (Å²) in [4.78, 5) is 41.0. The van der Waals surface area contributed by atoms with E-state index in [-0.39, 0.29) is 24.2 Å². The Bertz CT molecular complexity index is 1890. The molecule has 1 amide bonds. The zero-order chi connectivity index (χ0) is 33.9. The van der Waals surface area contributed by atoms with Crippen molar-refractivity contribution in [2.24, 2.45) is 7.05 Å². The lowest BCUT2D eigenvalue weighted by Gasteiger charge is -2.35. The molecule has 0 spiro atoms. The van der Waals surface area contributed by atoms with Gasteiger partial charge in [-0.15, -0.1) is 10.2 Å². The highest BCUT2D eigenvalue weighted by Gasteiger charge is 2.26. The predicted molar refractivity (Wildman–Crippen MR) is 166 cm³/mol. The fourth-order valence-corrected chi connectivity index (χ4v) is 4.75. The lowest BCUT2D eigenvalue weighted by molar-refractivity contribution is 0.0240. The maximum atomic E-state index is 13.6. The quantitative estimate of drug-likeness (QED) is 0.261. The van der Waals surface area contributed by atoms with Gasteiger partial charge in [0, 0.05) is 51.8 Å². The molecular formula is C31H34F3N9O4. The number of rotatable bonds is 5. The number of hydrogen-bond acceptors (Lipinski definition) is 10. The monoisotopic (exact) mass is 653 g/mol. The van der Waals surface area contributed by atoms with Crippen LogP contribution in [-0.2, 0) is 18.3 Å². The maximum Gasteiger partial charge on any atom is 0.410 e. The van der Waals surface area contributed by atoms with Crippen LogP contribution in [0.1, 0.15) is 44.3 Å². The van der Waals surface area contributed by atoms with Crippen LogP contribution in [-0.4, -0.2) is 77.1 Å². The first-order valence-electron chi connectivity index (χ1n) is 14.7. The van der Waals surface area contributed by atoms with Crippen LogP contribution in [0, 0.1) is 12.7 Å². The minimum absolute atomic E-state index is 0.0752. The van der Waals surface area contributed by atoms with Crippen LogP contribution in [0.5, 0.6) is 0 Å². The van der Waals surface area contributed by atoms with Crippen LogP contribution < -0.4 is 10.6 Å². The van der Waals surface area contributed by atoms with Gasteiger partial charge in [-0.05, 0) is 63.6 Å². The Balaban J connectivity index is 0.000000194. The van der Waals surface area contributed by atoms with Gasteiger partial charge in [0.2, 0.25) is 11.8 Å². The molecule has 248 valence electrons. The normalized spacial score (nSPS) is 13.6. The standard InChI is InChI=1S/C17H12F3N5O2.C14H22N4O2/c1-24-12-5-3-10(18)6-13(12)25(17(24)26)8-11-4-2-9(7-21-11)15-22-23-16(27-15)14(19)20;1-11-9-15-12(16-10-11)17-5-7-18(8-6-17)13(19)20-14(2,3)4/h2-7,14H,8H2,1H3;9-10H,5-8H2,1-4H3. The molecule has 0 radical (unpaired) electrons. The summed E-state index contributed by atoms with van der Waals surface area (Å²) in [5, 5.41) is 6.81. The second-order valence-corrected chi connectivity index (χ2v) is 11.9. The molecule has 5 heterocycles. The van der Waals surface area contributed by atoms with Crippen LogP contribution in [0.15, 0.2) is 58.1 Å². The molecule has 1 fully saturated rings. The van der Waals surface area contributed by atoms with E-state index in [9.17, 15) is 22.8 Å². The molecule has 0 aliphatic carbocycles. The number of ether oxygens (including phenoxy) is 1. The molecule has 0 N–H and O–H groups in total. The van der Waals surface area contributed by atoms with Gasteiger partial charge in [-0.25, -0.2) is 23.9 Å². The van der Waals surface area contributed by atoms with Crippen LogP contribution in [0.4, 0.5) is 23.9 Å². The average Bonchev–Trinajstić information content (AvgIpc) is 3.62. The van der Waals surface area contributed by atoms with E-state index in [2.05, 4.69) is 30.0 Å². The highest BCUT2D eigenvalue weighted by Crippen LogP contribution is 2.23. The first-order chi connectivity index (χ1) is 22.3. The van der Waals surface area contributed by atoms with Gasteiger partial charge >= 0.3 is 18.2 Å². The fraction of sp³-hybridized carbons (Fsp3) is 0.387. The average molecular weight is 654 g/mol. The number of fused-ring (bicyclic) bond motifs is 1. The van der Waals surface area contributed by atoms with E-state index in [4.69, 9.17) is 9.15 Å². The van der Waals surface area contributed by atoms with Gasteiger partial charge in [0.15, 0.2) is 0 Å². The third-order valence-electron chi connectivity index (χ3n) is 7.11. The van der Waals surface area contributed by atoms with Crippen LogP contribution in [0.25, 0.3) is 22.5 Å². The number of nitrogens with zero attached hydrogens (tertiary/aromatic N) is 9. The van der Waals surface area contributed by atoms with Gasteiger partial charge in [-0.1, -0.05) is 0 Å². The zero-order valence-electron chi connectivity index (χ0n) is 26.5. The third-order valence-corrected chi connectivity index (χ3v) is 7.11. The lowest BCUT2D eigenvalue weighted by Crippen LogP contribution is -2.50. The van der Waals surface area contributed by atoms with E-state index >= 15 is 0 Å². The van der Waals surface area contributed by atoms with E-state index < -0.39 is 23.7 Å². The molecule has 13 nitrogen and oxygen atoms in total. The summed E-state index contributed by atoms with van der Waals surface area (Å²) >= 11 is 0. The van der Waals surface area contributed by atoms with E-state index in [1.165, 1.54) is 33.5 Å². The number of anilines is 1. The van der Waals surface area contributed by atoms with Crippen molar-refractivity contribution in [2.45, 2.75) is 46.3 Å². The topological polar surface area (TPSA) is 137 Å². The molecule has 4 aromatic heterocycles. The summed E-state index contributed by atoms with van der Waals surface area (Å²) in [7, 11) is 1.60. The molecule has 6 rings (SSSR count). The van der Waals surface area contributed by atoms with Crippen molar-refractivity contribution in [3.8, 4) is 11.5 Å². The lowest BCUT2D eigenvalue weighted by atomic mass is 10.2. The number of alkyl halides is 2. The number of aryl methyl sites for hydroxylation is 2. The van der Waals surface area contributed by atoms with Crippen LogP contribution in [0.3, 0.4) is 0 Å². The molecule has 16 heteroatoms. The van der Waals surface area contributed by atoms with Crippen molar-refractivity contribution in [2.75, 3.05) is 31.1 Å². The van der Waals surface area contributed by atoms with Gasteiger partial charge in [0.1, 0.15) is 11.4 Å². The van der Waals surface area contributed by atoms with Gasteiger partial charge in [-0.3, -0.25) is 14.1 Å². The van der Waals surface area contributed by atoms with E-state index in [0.29, 0.717) is 35.4 Å². The van der Waals surface area contributed by atoms with E-state index in [0.717, 1.165) is 24.6 Å². The summed E-state index contributed by atoms with van der Waals surface area (Å²) < 4.78 is 51.7. The number of benzene rings is 1. The summed E-state index contributed by atoms with van der Waals surface area (Å²) in [5.74, 6) is -0.567. The number of hydrogen-bond donors (Lipinski definition) is 0. The molecular weight excluding hydrogens is 619 g/mol. The third kappa shape index (κ3) is 7.93. The Kier molecular flexibility index (Phi) is 9.58. The number of pyridine rings is 1. The largest absolute Gasteiger partial charge is 0.444 e. The van der Waals surface area contributed by atoms with Crippen molar-refractivity contribution < 1.29 is 27.1 Å². The Morgan fingerprint density at radius 3 is 2.28 bits per heavy atom. The fourth-order valence-electron chi connectivity index (χ4n) is 4.75. The predicted octanol–water partition coefficient (Wildman–Crippen LogP) is 4.75. The number of halogens is 3. The molecule has 0 atom stereocenters. The summed E-state index contributed by atoms with van der Waals surface area (Å²) in [6, 6.07) is 7.29. The molecule has 1 saturated heterocycles. The molecule has 0 bridgehead atoms. The van der Waals surface area contributed by atoms with Gasteiger partial charge in [0.25, 0.3) is 5.89 Å². The number of piperazine rings is 1. The second-order valence-electron chi connectivity index (χ2n) is 11.9. The van der Waals surface area contributed by atoms with Crippen molar-refractivity contribution in [3.63, 3.8) is 0 Å². The molecule has 1 aromatic carbocycles. The van der Waals surface area contributed by atoms with Gasteiger partial charge < -0.3 is 19.0 Å². The summed E-state index contributed by atoms with van der Waals surface area (Å²) in [6.07, 6.45) is 1.90. The first kappa shape index (κ1) is 33.1. The summed E-state index contributed by atoms with van der Waals surface area (Å²) in [6.45, 7) is 10.4. The van der Waals surface area contributed by atoms with Gasteiger partial charge in [-0.2, -0.15) is 8.78 Å². The molecule has 5 aromatic rings. The van der Waals surface area contributed by atoms with Crippen molar-refractivity contribution in [1.29, 1.82) is 0 Å². The number of carbonyl (C=O) groups excluding carboxylic acids is 1. The Hall–Kier alpha value is -5.28. The number of imidazole rings is 1. The van der Waals surface area contributed by atoms with Gasteiger partial charge in [0.05, 0.1) is 28.8 Å². The highest BCUT2D eigenvalue weighted by atomic mass is 19.3. The van der Waals surface area contributed by atoms with E-state index in [1.807, 2.05) is 40.1 Å². The smallest absolute Gasteiger partial charge is 0.410 e. The number of carbonyl (C=O) groups is 1. The minimum Gasteiger partial charge on any atom is -0.444 e. The Labute approximate surface area is 267 Å². The first-order valence-corrected chi connectivity index (χ1v) is 14.7. The number of aromatic nitrogens is 7. The summed E-state index contributed by atoms with van der Waals surface area (Å²) in [5.41, 5.74) is 2.23. The Morgan fingerprint density at radius 1 is 0.979 bits per heavy atom. The van der Waals surface area contributed by atoms with Crippen molar-refractivity contribution in [1.82, 2.24) is 39.2 Å². The molecule has 1 aliphatic rings. The van der Waals surface area contributed by atoms with Crippen molar-refractivity contribution in [3.05, 3.63) is 82.4 Å². The Morgan fingerprint density at radius 2 is 1.68 bits per heavy atom. The number of amides is 1. The van der Waals surface area contributed by atoms with Crippen molar-refractivity contribution >= 4 is 23.1 Å². The SMILES string of the molecule is Cc1cnc(N2CCN(C(=O)OC(C)(C)C)CC2)nc1.Cn1c(=O)n(Cc2ccc(-c3nnc(C(F)F)o3)cn2)c2cc(F)ccc21. The van der Waals surface area contributed by atoms with Crippen LogP contribution in [0.2, 0.25) is 0 Å². The van der Waals surface area contributed by atoms with E-state index in [1.54, 1.807) is 24.1 Å². The molecule has 47 heavy (non-hydrogen) atoms. The molecule has 0 unspecified atom stereocenters. The maximum absolute atomic E-state index is 13.6. The highest BCUT2D eigenvalue weighted by molar-refractivity contribution is 5.76. The minimum atomic E-state index is -2.85. The molecule has 1 aliphatic heterocycles. The zero-order valence-corrected chi connectivity index (χ0v) is 26.5. The second kappa shape index (κ2) is 13.6.